The van der Waals surface area contributed by atoms with Crippen LogP contribution in [0, 0.1) is 0 Å². The zero-order valence-corrected chi connectivity index (χ0v) is 11.0. The van der Waals surface area contributed by atoms with Crippen LogP contribution in [-0.4, -0.2) is 9.22 Å². The van der Waals surface area contributed by atoms with Crippen molar-refractivity contribution in [2.24, 2.45) is 0 Å². The lowest BCUT2D eigenvalue weighted by molar-refractivity contribution is 0.794. The number of aromatic nitrogens is 1. The Bertz CT molecular complexity index is 189. The molecule has 13 heavy (non-hydrogen) atoms. The molecule has 1 nitrogen and oxygen atoms in total. The summed E-state index contributed by atoms with van der Waals surface area (Å²) in [5.41, 5.74) is 1.40. The molecule has 0 radical (unpaired) electrons. The molecule has 0 aliphatic heterocycles. The monoisotopic (exact) mass is 307 g/mol. The Morgan fingerprint density at radius 2 is 1.77 bits per heavy atom. The summed E-state index contributed by atoms with van der Waals surface area (Å²) in [6.45, 7) is 2.21. The molecule has 1 rings (SSSR count). The van der Waals surface area contributed by atoms with Crippen molar-refractivity contribution in [3.8, 4) is 0 Å². The Kier molecular flexibility index (Phi) is 10.3. The van der Waals surface area contributed by atoms with Crippen molar-refractivity contribution in [1.29, 1.82) is 0 Å². The first-order chi connectivity index (χ1) is 6.35. The van der Waals surface area contributed by atoms with Crippen LogP contribution in [0.1, 0.15) is 25.3 Å². The van der Waals surface area contributed by atoms with E-state index < -0.39 is 0 Å². The van der Waals surface area contributed by atoms with Gasteiger partial charge in [0.25, 0.3) is 0 Å². The molecule has 1 aromatic rings. The highest BCUT2D eigenvalue weighted by Crippen LogP contribution is 2.01. The second-order valence-corrected chi connectivity index (χ2v) is 5.19. The van der Waals surface area contributed by atoms with Crippen LogP contribution in [0.25, 0.3) is 0 Å². The minimum Gasteiger partial charge on any atom is -0.265 e. The summed E-state index contributed by atoms with van der Waals surface area (Å²) >= 11 is 6.12. The normalized spacial score (nSPS) is 8.85. The average Bonchev–Trinajstić information content (AvgIpc) is 2.18. The molecule has 74 valence electrons. The van der Waals surface area contributed by atoms with Gasteiger partial charge in [-0.15, -0.1) is 0 Å². The second kappa shape index (κ2) is 10.2. The van der Waals surface area contributed by atoms with Gasteiger partial charge in [-0.3, -0.25) is 4.98 Å². The third kappa shape index (κ3) is 8.44. The minimum atomic E-state index is 0.875. The number of hydrogen-bond acceptors (Lipinski definition) is 1. The molecule has 0 bridgehead atoms. The van der Waals surface area contributed by atoms with Crippen LogP contribution in [-0.2, 0) is 6.42 Å². The smallest absolute Gasteiger partial charge is 0.0588 e. The van der Waals surface area contributed by atoms with Crippen molar-refractivity contribution in [3.05, 3.63) is 30.1 Å². The maximum atomic E-state index is 3.95. The molecule has 0 amide bonds. The van der Waals surface area contributed by atoms with Gasteiger partial charge in [-0.25, -0.2) is 0 Å². The molecule has 0 spiro atoms. The molecule has 3 heteroatoms. The van der Waals surface area contributed by atoms with Crippen molar-refractivity contribution < 1.29 is 0 Å². The Morgan fingerprint density at radius 1 is 1.23 bits per heavy atom. The first kappa shape index (κ1) is 13.1. The summed E-state index contributed by atoms with van der Waals surface area (Å²) in [4.78, 5) is 3.95. The third-order valence-corrected chi connectivity index (χ3v) is 1.57. The van der Waals surface area contributed by atoms with Gasteiger partial charge in [-0.2, -0.15) is 0 Å². The van der Waals surface area contributed by atoms with Crippen molar-refractivity contribution in [2.45, 2.75) is 26.2 Å². The Labute approximate surface area is 97.2 Å². The largest absolute Gasteiger partial charge is 0.265 e. The summed E-state index contributed by atoms with van der Waals surface area (Å²) in [6.07, 6.45) is 7.45. The van der Waals surface area contributed by atoms with Gasteiger partial charge in [-0.1, -0.05) is 45.2 Å². The Hall–Kier alpha value is 0.110. The molecule has 1 heterocycles. The predicted octanol–water partition coefficient (Wildman–Crippen LogP) is 4.16. The van der Waals surface area contributed by atoms with Crippen LogP contribution in [0.15, 0.2) is 24.5 Å². The zero-order valence-electron chi connectivity index (χ0n) is 7.84. The quantitative estimate of drug-likeness (QED) is 0.764. The van der Waals surface area contributed by atoms with Crippen LogP contribution in [0.5, 0.6) is 0 Å². The molecule has 0 aliphatic rings. The summed E-state index contributed by atoms with van der Waals surface area (Å²) in [7, 11) is 0. The lowest BCUT2D eigenvalue weighted by atomic mass is 10.1. The van der Waals surface area contributed by atoms with Crippen LogP contribution < -0.4 is 0 Å². The van der Waals surface area contributed by atoms with E-state index in [-0.39, 0.29) is 0 Å². The molecule has 0 atom stereocenters. The number of nitrogens with zero attached hydrogens (tertiary/aromatic N) is 1. The number of unbranched alkanes of at least 4 members (excludes halogenated alkanes) is 1. The van der Waals surface area contributed by atoms with Gasteiger partial charge in [0.15, 0.2) is 0 Å². The van der Waals surface area contributed by atoms with Gasteiger partial charge in [0, 0.05) is 12.4 Å². The molecule has 0 saturated carbocycles. The third-order valence-electron chi connectivity index (χ3n) is 1.57. The molecule has 0 N–H and O–H groups in total. The molecule has 0 aromatic carbocycles. The molecule has 0 aliphatic carbocycles. The van der Waals surface area contributed by atoms with Crippen LogP contribution >= 0.6 is 31.9 Å². The van der Waals surface area contributed by atoms with Crippen LogP contribution in [0.3, 0.4) is 0 Å². The minimum absolute atomic E-state index is 0.875. The highest BCUT2D eigenvalue weighted by Gasteiger charge is 1.87. The van der Waals surface area contributed by atoms with Gasteiger partial charge >= 0.3 is 0 Å². The lowest BCUT2D eigenvalue weighted by Crippen LogP contribution is -1.83. The van der Waals surface area contributed by atoms with Gasteiger partial charge < -0.3 is 0 Å². The van der Waals surface area contributed by atoms with E-state index in [2.05, 4.69) is 55.9 Å². The molecule has 0 saturated heterocycles. The molecular formula is C10H15Br2N. The lowest BCUT2D eigenvalue weighted by Gasteiger charge is -1.95. The molecule has 1 aromatic heterocycles. The predicted molar refractivity (Wildman–Crippen MR) is 65.6 cm³/mol. The fourth-order valence-corrected chi connectivity index (χ4v) is 0.930. The fraction of sp³-hybridized carbons (Fsp3) is 0.500. The molecule has 0 unspecified atom stereocenters. The van der Waals surface area contributed by atoms with Gasteiger partial charge in [-0.05, 0) is 30.5 Å². The van der Waals surface area contributed by atoms with E-state index in [0.717, 1.165) is 4.24 Å². The van der Waals surface area contributed by atoms with E-state index in [4.69, 9.17) is 0 Å². The maximum absolute atomic E-state index is 3.95. The molecule has 0 fully saturated rings. The number of rotatable bonds is 3. The summed E-state index contributed by atoms with van der Waals surface area (Å²) in [5.74, 6) is 0. The van der Waals surface area contributed by atoms with E-state index >= 15 is 0 Å². The van der Waals surface area contributed by atoms with Gasteiger partial charge in [0.05, 0.1) is 4.24 Å². The van der Waals surface area contributed by atoms with Crippen LogP contribution in [0.4, 0.5) is 0 Å². The van der Waals surface area contributed by atoms with Gasteiger partial charge in [0.2, 0.25) is 0 Å². The van der Waals surface area contributed by atoms with Crippen LogP contribution in [0.2, 0.25) is 0 Å². The van der Waals surface area contributed by atoms with E-state index in [1.54, 1.807) is 0 Å². The van der Waals surface area contributed by atoms with E-state index in [1.165, 1.54) is 24.8 Å². The highest BCUT2D eigenvalue weighted by molar-refractivity contribution is 9.24. The number of halogens is 2. The van der Waals surface area contributed by atoms with Crippen molar-refractivity contribution in [1.82, 2.24) is 4.98 Å². The number of pyridine rings is 1. The maximum Gasteiger partial charge on any atom is 0.0588 e. The number of hydrogen-bond donors (Lipinski definition) is 0. The topological polar surface area (TPSA) is 12.9 Å². The molecular weight excluding hydrogens is 294 g/mol. The Morgan fingerprint density at radius 3 is 2.23 bits per heavy atom. The first-order valence-corrected chi connectivity index (χ1v) is 6.60. The second-order valence-electron chi connectivity index (χ2n) is 2.56. The first-order valence-electron chi connectivity index (χ1n) is 4.36. The number of aryl methyl sites for hydroxylation is 1. The van der Waals surface area contributed by atoms with Crippen molar-refractivity contribution in [2.75, 3.05) is 4.24 Å². The van der Waals surface area contributed by atoms with Gasteiger partial charge in [0.1, 0.15) is 0 Å². The van der Waals surface area contributed by atoms with Crippen molar-refractivity contribution in [3.63, 3.8) is 0 Å². The van der Waals surface area contributed by atoms with E-state index in [9.17, 15) is 0 Å². The average molecular weight is 309 g/mol. The zero-order chi connectivity index (χ0) is 9.94. The fourth-order valence-electron chi connectivity index (χ4n) is 0.930. The highest BCUT2D eigenvalue weighted by atomic mass is 79.9. The Balaban J connectivity index is 0.000000424. The van der Waals surface area contributed by atoms with E-state index in [1.807, 2.05) is 12.4 Å². The summed E-state index contributed by atoms with van der Waals surface area (Å²) < 4.78 is 0.875. The summed E-state index contributed by atoms with van der Waals surface area (Å²) in [6, 6.07) is 4.16. The number of alkyl halides is 2. The SMILES string of the molecule is BrCBr.CCCCc1ccncc1. The van der Waals surface area contributed by atoms with E-state index in [0.29, 0.717) is 0 Å². The standard InChI is InChI=1S/C9H13N.CH2Br2/c1-2-3-4-9-5-7-10-8-6-9;2-1-3/h5-8H,2-4H2,1H3;1H2. The van der Waals surface area contributed by atoms with Crippen molar-refractivity contribution >= 4 is 31.9 Å². The summed E-state index contributed by atoms with van der Waals surface area (Å²) in [5, 5.41) is 0.